The molecule has 0 atom stereocenters. The molecule has 0 rings (SSSR count). The lowest BCUT2D eigenvalue weighted by atomic mass is 10.2. The van der Waals surface area contributed by atoms with E-state index in [1.54, 1.807) is 7.05 Å². The van der Waals surface area contributed by atoms with E-state index in [0.717, 1.165) is 12.1 Å². The highest BCUT2D eigenvalue weighted by Gasteiger charge is 1.90. The fourth-order valence-electron chi connectivity index (χ4n) is 0.738. The summed E-state index contributed by atoms with van der Waals surface area (Å²) in [6.45, 7) is 4.18. The molecule has 0 aliphatic rings. The fourth-order valence-corrected chi connectivity index (χ4v) is 0.738. The Kier molecular flexibility index (Phi) is 6.03. The molecule has 58 valence electrons. The first-order valence-corrected chi connectivity index (χ1v) is 3.80. The van der Waals surface area contributed by atoms with Crippen LogP contribution in [0.3, 0.4) is 0 Å². The zero-order chi connectivity index (χ0) is 7.82. The molecule has 0 aromatic carbocycles. The number of unbranched alkanes of at least 4 members (excludes halogenated alkanes) is 1. The summed E-state index contributed by atoms with van der Waals surface area (Å²) in [7, 11) is 1.70. The molecular formula is C8H16N2. The van der Waals surface area contributed by atoms with Crippen molar-refractivity contribution in [1.29, 1.82) is 0 Å². The van der Waals surface area contributed by atoms with Gasteiger partial charge in [-0.15, -0.1) is 0 Å². The number of azo groups is 1. The van der Waals surface area contributed by atoms with E-state index in [9.17, 15) is 0 Å². The van der Waals surface area contributed by atoms with Gasteiger partial charge in [-0.2, -0.15) is 10.2 Å². The van der Waals surface area contributed by atoms with Crippen molar-refractivity contribution in [2.24, 2.45) is 10.2 Å². The van der Waals surface area contributed by atoms with Crippen LogP contribution in [0.1, 0.15) is 33.1 Å². The van der Waals surface area contributed by atoms with Crippen LogP contribution < -0.4 is 0 Å². The number of allylic oxidation sites excluding steroid dienone is 2. The minimum Gasteiger partial charge on any atom is -0.192 e. The van der Waals surface area contributed by atoms with Crippen LogP contribution in [-0.4, -0.2) is 7.05 Å². The van der Waals surface area contributed by atoms with E-state index < -0.39 is 0 Å². The largest absolute Gasteiger partial charge is 0.192 e. The minimum atomic E-state index is 1.06. The van der Waals surface area contributed by atoms with Crippen molar-refractivity contribution in [1.82, 2.24) is 0 Å². The smallest absolute Gasteiger partial charge is 0.0583 e. The minimum absolute atomic E-state index is 1.06. The van der Waals surface area contributed by atoms with Crippen molar-refractivity contribution in [3.8, 4) is 0 Å². The molecule has 2 nitrogen and oxygen atoms in total. The average molecular weight is 140 g/mol. The predicted molar refractivity (Wildman–Crippen MR) is 44.1 cm³/mol. The van der Waals surface area contributed by atoms with Gasteiger partial charge in [-0.05, 0) is 19.8 Å². The Balaban J connectivity index is 3.62. The molecule has 0 fully saturated rings. The SMILES string of the molecule is C/C=C(/CCCC)N=NC. The first-order valence-electron chi connectivity index (χ1n) is 3.80. The third-order valence-corrected chi connectivity index (χ3v) is 1.35. The maximum atomic E-state index is 3.97. The summed E-state index contributed by atoms with van der Waals surface area (Å²) in [5, 5.41) is 7.68. The Morgan fingerprint density at radius 2 is 2.20 bits per heavy atom. The lowest BCUT2D eigenvalue weighted by molar-refractivity contribution is 0.769. The lowest BCUT2D eigenvalue weighted by Gasteiger charge is -1.95. The quantitative estimate of drug-likeness (QED) is 0.536. The molecule has 0 spiro atoms. The second-order valence-corrected chi connectivity index (χ2v) is 2.18. The Morgan fingerprint density at radius 1 is 1.50 bits per heavy atom. The molecule has 0 radical (unpaired) electrons. The predicted octanol–water partition coefficient (Wildman–Crippen LogP) is 3.16. The molecule has 0 unspecified atom stereocenters. The van der Waals surface area contributed by atoms with Crippen molar-refractivity contribution in [3.05, 3.63) is 11.8 Å². The molecule has 0 aromatic heterocycles. The van der Waals surface area contributed by atoms with Gasteiger partial charge in [-0.1, -0.05) is 19.4 Å². The van der Waals surface area contributed by atoms with E-state index in [-0.39, 0.29) is 0 Å². The summed E-state index contributed by atoms with van der Waals surface area (Å²) in [5.41, 5.74) is 1.10. The standard InChI is InChI=1S/C8H16N2/c1-4-6-7-8(5-2)10-9-3/h5H,4,6-7H2,1-3H3/b8-5-,10-9?. The van der Waals surface area contributed by atoms with Crippen molar-refractivity contribution < 1.29 is 0 Å². The number of hydrogen-bond donors (Lipinski definition) is 0. The molecular weight excluding hydrogens is 124 g/mol. The van der Waals surface area contributed by atoms with Crippen molar-refractivity contribution >= 4 is 0 Å². The highest BCUT2D eigenvalue weighted by Crippen LogP contribution is 2.07. The lowest BCUT2D eigenvalue weighted by Crippen LogP contribution is -1.77. The topological polar surface area (TPSA) is 24.7 Å². The highest BCUT2D eigenvalue weighted by molar-refractivity contribution is 4.96. The maximum Gasteiger partial charge on any atom is 0.0583 e. The summed E-state index contributed by atoms with van der Waals surface area (Å²) in [4.78, 5) is 0. The number of nitrogens with zero attached hydrogens (tertiary/aromatic N) is 2. The third-order valence-electron chi connectivity index (χ3n) is 1.35. The molecule has 0 heterocycles. The normalized spacial score (nSPS) is 12.9. The fraction of sp³-hybridized carbons (Fsp3) is 0.750. The van der Waals surface area contributed by atoms with Crippen LogP contribution in [0.25, 0.3) is 0 Å². The molecule has 0 aromatic rings. The van der Waals surface area contributed by atoms with Crippen molar-refractivity contribution in [3.63, 3.8) is 0 Å². The molecule has 0 aliphatic heterocycles. The van der Waals surface area contributed by atoms with Gasteiger partial charge in [0.1, 0.15) is 0 Å². The van der Waals surface area contributed by atoms with Crippen LogP contribution in [0.15, 0.2) is 22.0 Å². The summed E-state index contributed by atoms with van der Waals surface area (Å²) in [6, 6.07) is 0. The van der Waals surface area contributed by atoms with Crippen LogP contribution in [0, 0.1) is 0 Å². The van der Waals surface area contributed by atoms with Crippen LogP contribution in [-0.2, 0) is 0 Å². The summed E-state index contributed by atoms with van der Waals surface area (Å²) in [5.74, 6) is 0. The van der Waals surface area contributed by atoms with Gasteiger partial charge in [0.05, 0.1) is 5.70 Å². The molecule has 0 bridgehead atoms. The zero-order valence-electron chi connectivity index (χ0n) is 7.09. The van der Waals surface area contributed by atoms with E-state index in [1.165, 1.54) is 12.8 Å². The van der Waals surface area contributed by atoms with Crippen LogP contribution in [0.4, 0.5) is 0 Å². The molecule has 0 amide bonds. The van der Waals surface area contributed by atoms with E-state index in [1.807, 2.05) is 13.0 Å². The van der Waals surface area contributed by atoms with E-state index >= 15 is 0 Å². The molecule has 0 saturated heterocycles. The monoisotopic (exact) mass is 140 g/mol. The van der Waals surface area contributed by atoms with Gasteiger partial charge in [-0.3, -0.25) is 0 Å². The van der Waals surface area contributed by atoms with Crippen LogP contribution in [0.5, 0.6) is 0 Å². The average Bonchev–Trinajstić information content (AvgIpc) is 1.98. The van der Waals surface area contributed by atoms with Crippen LogP contribution in [0.2, 0.25) is 0 Å². The van der Waals surface area contributed by atoms with Gasteiger partial charge in [0.15, 0.2) is 0 Å². The molecule has 2 heteroatoms. The summed E-state index contributed by atoms with van der Waals surface area (Å²) >= 11 is 0. The molecule has 0 saturated carbocycles. The van der Waals surface area contributed by atoms with Gasteiger partial charge in [0.2, 0.25) is 0 Å². The Bertz CT molecular complexity index is 125. The maximum absolute atomic E-state index is 3.97. The molecule has 10 heavy (non-hydrogen) atoms. The third kappa shape index (κ3) is 4.24. The Labute approximate surface area is 63.1 Å². The van der Waals surface area contributed by atoms with E-state index in [2.05, 4.69) is 17.2 Å². The van der Waals surface area contributed by atoms with Gasteiger partial charge in [0, 0.05) is 7.05 Å². The van der Waals surface area contributed by atoms with Crippen LogP contribution >= 0.6 is 0 Å². The number of rotatable bonds is 4. The zero-order valence-corrected chi connectivity index (χ0v) is 7.09. The first-order chi connectivity index (χ1) is 4.85. The first kappa shape index (κ1) is 9.34. The van der Waals surface area contributed by atoms with Gasteiger partial charge in [-0.25, -0.2) is 0 Å². The molecule has 0 aliphatic carbocycles. The van der Waals surface area contributed by atoms with Crippen molar-refractivity contribution in [2.75, 3.05) is 7.05 Å². The second-order valence-electron chi connectivity index (χ2n) is 2.18. The Morgan fingerprint density at radius 3 is 2.60 bits per heavy atom. The van der Waals surface area contributed by atoms with Gasteiger partial charge in [0.25, 0.3) is 0 Å². The Hall–Kier alpha value is -0.660. The highest BCUT2D eigenvalue weighted by atomic mass is 15.1. The van der Waals surface area contributed by atoms with Gasteiger partial charge >= 0.3 is 0 Å². The second kappa shape index (κ2) is 6.46. The van der Waals surface area contributed by atoms with Crippen molar-refractivity contribution in [2.45, 2.75) is 33.1 Å². The number of hydrogen-bond acceptors (Lipinski definition) is 2. The summed E-state index contributed by atoms with van der Waals surface area (Å²) < 4.78 is 0. The van der Waals surface area contributed by atoms with E-state index in [0.29, 0.717) is 0 Å². The van der Waals surface area contributed by atoms with Gasteiger partial charge < -0.3 is 0 Å². The summed E-state index contributed by atoms with van der Waals surface area (Å²) in [6.07, 6.45) is 5.50. The molecule has 0 N–H and O–H groups in total. The van der Waals surface area contributed by atoms with E-state index in [4.69, 9.17) is 0 Å².